The minimum atomic E-state index is -0.266. The number of ether oxygens (including phenoxy) is 1. The van der Waals surface area contributed by atoms with Crippen LogP contribution in [-0.2, 0) is 0 Å². The Morgan fingerprint density at radius 2 is 2.00 bits per heavy atom. The average Bonchev–Trinajstić information content (AvgIpc) is 3.35. The van der Waals surface area contributed by atoms with Gasteiger partial charge in [0.2, 0.25) is 5.43 Å². The number of allylic oxidation sites excluding steroid dienone is 1. The van der Waals surface area contributed by atoms with Crippen molar-refractivity contribution in [2.24, 2.45) is 10.7 Å². The van der Waals surface area contributed by atoms with Crippen LogP contribution in [0.15, 0.2) is 95.3 Å². The Labute approximate surface area is 178 Å². The van der Waals surface area contributed by atoms with E-state index in [9.17, 15) is 4.79 Å². The fourth-order valence-electron chi connectivity index (χ4n) is 3.08. The summed E-state index contributed by atoms with van der Waals surface area (Å²) >= 11 is 0. The first-order chi connectivity index (χ1) is 15.2. The molecule has 0 unspecified atom stereocenters. The molecule has 31 heavy (non-hydrogen) atoms. The second-order valence-electron chi connectivity index (χ2n) is 6.54. The Kier molecular flexibility index (Phi) is 5.70. The zero-order chi connectivity index (χ0) is 21.6. The minimum Gasteiger partial charge on any atom is -0.494 e. The SMILES string of the molecule is COc1cc(-c2cn[nH]c2)ccc1-n1ccc(=O)c(C(C=CN)=Nc2ccccc2)n1. The number of nitrogens with one attached hydrogen (secondary N) is 1. The van der Waals surface area contributed by atoms with Crippen molar-refractivity contribution in [2.45, 2.75) is 0 Å². The summed E-state index contributed by atoms with van der Waals surface area (Å²) in [5, 5.41) is 11.3. The Morgan fingerprint density at radius 1 is 1.16 bits per heavy atom. The number of H-pyrrole nitrogens is 1. The number of aromatic amines is 1. The summed E-state index contributed by atoms with van der Waals surface area (Å²) in [6.07, 6.45) is 8.01. The second kappa shape index (κ2) is 8.91. The van der Waals surface area contributed by atoms with Gasteiger partial charge in [0.05, 0.1) is 24.7 Å². The van der Waals surface area contributed by atoms with Crippen molar-refractivity contribution in [3.8, 4) is 22.6 Å². The van der Waals surface area contributed by atoms with E-state index < -0.39 is 0 Å². The summed E-state index contributed by atoms with van der Waals surface area (Å²) in [6, 6.07) is 16.4. The predicted molar refractivity (Wildman–Crippen MR) is 120 cm³/mol. The van der Waals surface area contributed by atoms with Gasteiger partial charge in [-0.2, -0.15) is 10.2 Å². The molecule has 0 saturated carbocycles. The molecule has 0 aliphatic rings. The van der Waals surface area contributed by atoms with Crippen molar-refractivity contribution in [2.75, 3.05) is 7.11 Å². The van der Waals surface area contributed by atoms with E-state index in [1.165, 1.54) is 12.3 Å². The normalized spacial score (nSPS) is 11.7. The fourth-order valence-corrected chi connectivity index (χ4v) is 3.08. The van der Waals surface area contributed by atoms with Crippen molar-refractivity contribution in [3.05, 3.63) is 101 Å². The first-order valence-electron chi connectivity index (χ1n) is 9.49. The number of hydrogen-bond donors (Lipinski definition) is 2. The third-order valence-corrected chi connectivity index (χ3v) is 4.57. The summed E-state index contributed by atoms with van der Waals surface area (Å²) in [5.74, 6) is 0.594. The number of para-hydroxylation sites is 1. The van der Waals surface area contributed by atoms with Crippen LogP contribution in [0.1, 0.15) is 5.69 Å². The Bertz CT molecular complexity index is 1290. The molecular formula is C23H20N6O2. The summed E-state index contributed by atoms with van der Waals surface area (Å²) in [5.41, 5.74) is 9.11. The highest BCUT2D eigenvalue weighted by molar-refractivity contribution is 6.08. The van der Waals surface area contributed by atoms with E-state index in [-0.39, 0.29) is 11.1 Å². The van der Waals surface area contributed by atoms with Crippen LogP contribution in [0.5, 0.6) is 5.75 Å². The van der Waals surface area contributed by atoms with E-state index in [1.807, 2.05) is 48.5 Å². The van der Waals surface area contributed by atoms with Crippen LogP contribution in [0.25, 0.3) is 16.8 Å². The molecule has 0 atom stereocenters. The fraction of sp³-hybridized carbons (Fsp3) is 0.0435. The zero-order valence-electron chi connectivity index (χ0n) is 16.8. The molecule has 4 aromatic rings. The molecule has 2 aromatic heterocycles. The van der Waals surface area contributed by atoms with E-state index in [4.69, 9.17) is 10.5 Å². The lowest BCUT2D eigenvalue weighted by Gasteiger charge is -2.13. The summed E-state index contributed by atoms with van der Waals surface area (Å²) in [4.78, 5) is 17.1. The maximum Gasteiger partial charge on any atom is 0.209 e. The number of nitrogens with two attached hydrogens (primary N) is 1. The monoisotopic (exact) mass is 412 g/mol. The molecule has 8 heteroatoms. The molecule has 2 aromatic carbocycles. The van der Waals surface area contributed by atoms with Gasteiger partial charge in [-0.3, -0.25) is 9.89 Å². The number of rotatable bonds is 6. The van der Waals surface area contributed by atoms with Crippen LogP contribution in [0.2, 0.25) is 0 Å². The van der Waals surface area contributed by atoms with Gasteiger partial charge in [0.1, 0.15) is 11.4 Å². The maximum absolute atomic E-state index is 12.6. The van der Waals surface area contributed by atoms with Crippen LogP contribution in [0.3, 0.4) is 0 Å². The molecule has 0 bridgehead atoms. The van der Waals surface area contributed by atoms with Crippen molar-refractivity contribution in [1.82, 2.24) is 20.0 Å². The standard InChI is InChI=1S/C23H20N6O2/c1-31-22-13-16(17-14-25-26-15-17)7-8-20(22)29-12-10-21(30)23(28-29)19(9-11-24)27-18-5-3-2-4-6-18/h2-15H,24H2,1H3,(H,25,26). The Morgan fingerprint density at radius 3 is 2.71 bits per heavy atom. The van der Waals surface area contributed by atoms with Crippen molar-refractivity contribution < 1.29 is 4.74 Å². The molecule has 154 valence electrons. The van der Waals surface area contributed by atoms with E-state index in [1.54, 1.807) is 36.5 Å². The molecule has 0 aliphatic carbocycles. The Balaban J connectivity index is 1.81. The molecule has 2 heterocycles. The molecule has 4 rings (SSSR count). The van der Waals surface area contributed by atoms with E-state index in [2.05, 4.69) is 20.3 Å². The maximum atomic E-state index is 12.6. The van der Waals surface area contributed by atoms with Gasteiger partial charge in [-0.25, -0.2) is 9.67 Å². The lowest BCUT2D eigenvalue weighted by atomic mass is 10.1. The van der Waals surface area contributed by atoms with Crippen LogP contribution in [-0.4, -0.2) is 32.8 Å². The van der Waals surface area contributed by atoms with Gasteiger partial charge in [0.15, 0.2) is 5.69 Å². The summed E-state index contributed by atoms with van der Waals surface area (Å²) in [7, 11) is 1.58. The van der Waals surface area contributed by atoms with E-state index in [0.29, 0.717) is 22.8 Å². The number of methoxy groups -OCH3 is 1. The van der Waals surface area contributed by atoms with Gasteiger partial charge in [-0.1, -0.05) is 24.3 Å². The first-order valence-corrected chi connectivity index (χ1v) is 9.49. The van der Waals surface area contributed by atoms with Crippen LogP contribution < -0.4 is 15.9 Å². The van der Waals surface area contributed by atoms with Gasteiger partial charge < -0.3 is 10.5 Å². The third-order valence-electron chi connectivity index (χ3n) is 4.57. The number of aliphatic imine (C=N–C) groups is 1. The number of aromatic nitrogens is 4. The molecule has 0 radical (unpaired) electrons. The van der Waals surface area contributed by atoms with Gasteiger partial charge in [-0.05, 0) is 42.1 Å². The van der Waals surface area contributed by atoms with Crippen LogP contribution >= 0.6 is 0 Å². The van der Waals surface area contributed by atoms with E-state index >= 15 is 0 Å². The smallest absolute Gasteiger partial charge is 0.209 e. The van der Waals surface area contributed by atoms with Gasteiger partial charge in [0.25, 0.3) is 0 Å². The molecule has 8 nitrogen and oxygen atoms in total. The van der Waals surface area contributed by atoms with Crippen LogP contribution in [0.4, 0.5) is 5.69 Å². The largest absolute Gasteiger partial charge is 0.494 e. The lowest BCUT2D eigenvalue weighted by molar-refractivity contribution is 0.411. The zero-order valence-corrected chi connectivity index (χ0v) is 16.8. The van der Waals surface area contributed by atoms with Crippen molar-refractivity contribution in [3.63, 3.8) is 0 Å². The van der Waals surface area contributed by atoms with Gasteiger partial charge in [0, 0.05) is 24.0 Å². The number of hydrogen-bond acceptors (Lipinski definition) is 6. The van der Waals surface area contributed by atoms with Crippen molar-refractivity contribution in [1.29, 1.82) is 0 Å². The highest BCUT2D eigenvalue weighted by Gasteiger charge is 2.13. The molecule has 3 N–H and O–H groups in total. The second-order valence-corrected chi connectivity index (χ2v) is 6.54. The minimum absolute atomic E-state index is 0.175. The topological polar surface area (TPSA) is 111 Å². The first kappa shape index (κ1) is 19.8. The predicted octanol–water partition coefficient (Wildman–Crippen LogP) is 3.22. The molecule has 0 aliphatic heterocycles. The summed E-state index contributed by atoms with van der Waals surface area (Å²) in [6.45, 7) is 0. The molecule has 0 saturated heterocycles. The summed E-state index contributed by atoms with van der Waals surface area (Å²) < 4.78 is 7.16. The molecule has 0 fully saturated rings. The molecular weight excluding hydrogens is 392 g/mol. The number of nitrogens with zero attached hydrogens (tertiary/aromatic N) is 4. The lowest BCUT2D eigenvalue weighted by Crippen LogP contribution is -2.20. The van der Waals surface area contributed by atoms with Gasteiger partial charge in [-0.15, -0.1) is 0 Å². The Hall–Kier alpha value is -4.46. The molecule has 0 amide bonds. The van der Waals surface area contributed by atoms with E-state index in [0.717, 1.165) is 11.1 Å². The average molecular weight is 412 g/mol. The van der Waals surface area contributed by atoms with Crippen molar-refractivity contribution >= 4 is 11.4 Å². The third kappa shape index (κ3) is 4.27. The van der Waals surface area contributed by atoms with Crippen LogP contribution in [0, 0.1) is 0 Å². The molecule has 0 spiro atoms. The number of benzene rings is 2. The quantitative estimate of drug-likeness (QED) is 0.472. The highest BCUT2D eigenvalue weighted by Crippen LogP contribution is 2.28. The highest BCUT2D eigenvalue weighted by atomic mass is 16.5. The van der Waals surface area contributed by atoms with Gasteiger partial charge >= 0.3 is 0 Å².